The molecule has 0 aliphatic rings. The van der Waals surface area contributed by atoms with E-state index in [2.05, 4.69) is 26.1 Å². The van der Waals surface area contributed by atoms with Crippen molar-refractivity contribution in [1.82, 2.24) is 15.4 Å². The Morgan fingerprint density at radius 1 is 1.07 bits per heavy atom. The molecule has 1 aromatic heterocycles. The molecule has 0 unspecified atom stereocenters. The van der Waals surface area contributed by atoms with Crippen molar-refractivity contribution in [2.45, 2.75) is 13.8 Å². The highest BCUT2D eigenvalue weighted by Gasteiger charge is 2.24. The van der Waals surface area contributed by atoms with E-state index in [4.69, 9.17) is 0 Å². The topological polar surface area (TPSA) is 122 Å². The van der Waals surface area contributed by atoms with Gasteiger partial charge in [-0.25, -0.2) is 14.4 Å². The zero-order chi connectivity index (χ0) is 21.0. The molecule has 0 atom stereocenters. The third-order valence-electron chi connectivity index (χ3n) is 4.05. The summed E-state index contributed by atoms with van der Waals surface area (Å²) in [6.45, 7) is 3.76. The van der Waals surface area contributed by atoms with Gasteiger partial charge in [-0.15, -0.1) is 0 Å². The Labute approximate surface area is 165 Å². The van der Waals surface area contributed by atoms with Crippen molar-refractivity contribution < 1.29 is 14.1 Å². The van der Waals surface area contributed by atoms with Crippen LogP contribution >= 0.6 is 0 Å². The lowest BCUT2D eigenvalue weighted by atomic mass is 10.1. The molecular formula is C19H17FN6O3. The molecule has 0 bridgehead atoms. The van der Waals surface area contributed by atoms with Crippen LogP contribution in [0.15, 0.2) is 48.8 Å². The molecule has 0 radical (unpaired) electrons. The minimum absolute atomic E-state index is 0.0303. The van der Waals surface area contributed by atoms with E-state index in [0.717, 1.165) is 29.6 Å². The highest BCUT2D eigenvalue weighted by molar-refractivity contribution is 5.95. The van der Waals surface area contributed by atoms with Gasteiger partial charge < -0.3 is 5.32 Å². The maximum atomic E-state index is 13.0. The summed E-state index contributed by atoms with van der Waals surface area (Å²) >= 11 is 0. The second-order valence-corrected chi connectivity index (χ2v) is 6.21. The molecule has 9 nitrogen and oxygen atoms in total. The summed E-state index contributed by atoms with van der Waals surface area (Å²) in [7, 11) is 0. The maximum absolute atomic E-state index is 13.0. The number of nitro groups is 1. The van der Waals surface area contributed by atoms with Gasteiger partial charge in [0.05, 0.1) is 4.92 Å². The molecule has 0 aliphatic carbocycles. The largest absolute Gasteiger partial charge is 0.355 e. The van der Waals surface area contributed by atoms with Crippen LogP contribution in [-0.2, 0) is 0 Å². The average molecular weight is 396 g/mol. The lowest BCUT2D eigenvalue weighted by molar-refractivity contribution is -0.383. The summed E-state index contributed by atoms with van der Waals surface area (Å²) in [4.78, 5) is 30.9. The van der Waals surface area contributed by atoms with Crippen LogP contribution in [-0.4, -0.2) is 20.8 Å². The van der Waals surface area contributed by atoms with E-state index in [1.807, 2.05) is 32.0 Å². The number of hydrogen-bond donors (Lipinski definition) is 3. The number of hydrazine groups is 1. The van der Waals surface area contributed by atoms with Crippen LogP contribution in [0.25, 0.3) is 0 Å². The normalized spacial score (nSPS) is 10.3. The number of nitrogens with one attached hydrogen (secondary N) is 3. The quantitative estimate of drug-likeness (QED) is 0.429. The van der Waals surface area contributed by atoms with Crippen molar-refractivity contribution >= 4 is 28.9 Å². The van der Waals surface area contributed by atoms with E-state index >= 15 is 0 Å². The number of carbonyl (C=O) groups excluding carboxylic acids is 1. The lowest BCUT2D eigenvalue weighted by Crippen LogP contribution is -2.30. The van der Waals surface area contributed by atoms with E-state index in [0.29, 0.717) is 5.69 Å². The molecule has 10 heteroatoms. The second kappa shape index (κ2) is 8.30. The highest BCUT2D eigenvalue weighted by Crippen LogP contribution is 2.31. The van der Waals surface area contributed by atoms with Crippen molar-refractivity contribution in [3.8, 4) is 0 Å². The molecule has 0 spiro atoms. The van der Waals surface area contributed by atoms with Gasteiger partial charge in [-0.3, -0.25) is 25.8 Å². The lowest BCUT2D eigenvalue weighted by Gasteiger charge is -2.12. The fourth-order valence-corrected chi connectivity index (χ4v) is 2.52. The van der Waals surface area contributed by atoms with E-state index in [9.17, 15) is 19.3 Å². The van der Waals surface area contributed by atoms with Gasteiger partial charge in [0.25, 0.3) is 5.91 Å². The number of nitrogens with zero attached hydrogens (tertiary/aromatic N) is 3. The zero-order valence-corrected chi connectivity index (χ0v) is 15.6. The molecular weight excluding hydrogens is 379 g/mol. The number of amides is 1. The first-order valence-electron chi connectivity index (χ1n) is 8.50. The molecule has 29 heavy (non-hydrogen) atoms. The fraction of sp³-hybridized carbons (Fsp3) is 0.105. The number of carbonyl (C=O) groups is 1. The van der Waals surface area contributed by atoms with Gasteiger partial charge in [0.1, 0.15) is 12.1 Å². The Morgan fingerprint density at radius 3 is 2.45 bits per heavy atom. The Bertz CT molecular complexity index is 1070. The molecule has 1 amide bonds. The summed E-state index contributed by atoms with van der Waals surface area (Å²) in [5.41, 5.74) is 6.98. The molecule has 0 fully saturated rings. The minimum Gasteiger partial charge on any atom is -0.334 e. The van der Waals surface area contributed by atoms with E-state index < -0.39 is 22.3 Å². The molecule has 148 valence electrons. The van der Waals surface area contributed by atoms with Gasteiger partial charge in [0.2, 0.25) is 11.6 Å². The smallest absolute Gasteiger partial charge is 0.334 e. The first-order chi connectivity index (χ1) is 13.8. The van der Waals surface area contributed by atoms with Gasteiger partial charge >= 0.3 is 5.69 Å². The predicted octanol–water partition coefficient (Wildman–Crippen LogP) is 3.64. The Kier molecular flexibility index (Phi) is 5.63. The number of anilines is 3. The van der Waals surface area contributed by atoms with Gasteiger partial charge in [-0.05, 0) is 55.3 Å². The molecule has 3 N–H and O–H groups in total. The Morgan fingerprint density at radius 2 is 1.76 bits per heavy atom. The summed E-state index contributed by atoms with van der Waals surface area (Å²) in [5.74, 6) is -1.32. The third-order valence-corrected chi connectivity index (χ3v) is 4.05. The Balaban J connectivity index is 1.85. The number of aryl methyl sites for hydroxylation is 2. The van der Waals surface area contributed by atoms with E-state index in [-0.39, 0.29) is 17.2 Å². The second-order valence-electron chi connectivity index (χ2n) is 6.21. The number of halogens is 1. The van der Waals surface area contributed by atoms with Crippen molar-refractivity contribution in [3.05, 3.63) is 81.4 Å². The molecule has 0 aliphatic heterocycles. The average Bonchev–Trinajstić information content (AvgIpc) is 2.69. The number of rotatable bonds is 6. The number of benzene rings is 2. The van der Waals surface area contributed by atoms with Crippen molar-refractivity contribution in [1.29, 1.82) is 0 Å². The monoisotopic (exact) mass is 396 g/mol. The summed E-state index contributed by atoms with van der Waals surface area (Å²) < 4.78 is 13.0. The first-order valence-corrected chi connectivity index (χ1v) is 8.50. The molecule has 2 aromatic carbocycles. The molecule has 0 saturated heterocycles. The van der Waals surface area contributed by atoms with Crippen molar-refractivity contribution in [2.24, 2.45) is 0 Å². The van der Waals surface area contributed by atoms with Gasteiger partial charge in [-0.1, -0.05) is 12.1 Å². The Hall–Kier alpha value is -4.08. The molecule has 0 saturated carbocycles. The molecule has 1 heterocycles. The van der Waals surface area contributed by atoms with Gasteiger partial charge in [-0.2, -0.15) is 0 Å². The van der Waals surface area contributed by atoms with Crippen LogP contribution < -0.4 is 16.2 Å². The van der Waals surface area contributed by atoms with Crippen LogP contribution in [0.1, 0.15) is 21.5 Å². The summed E-state index contributed by atoms with van der Waals surface area (Å²) in [5, 5.41) is 14.6. The van der Waals surface area contributed by atoms with E-state index in [1.165, 1.54) is 12.1 Å². The van der Waals surface area contributed by atoms with Crippen LogP contribution in [0.4, 0.5) is 27.4 Å². The predicted molar refractivity (Wildman–Crippen MR) is 105 cm³/mol. The highest BCUT2D eigenvalue weighted by atomic mass is 19.1. The maximum Gasteiger partial charge on any atom is 0.355 e. The van der Waals surface area contributed by atoms with Crippen LogP contribution in [0, 0.1) is 29.8 Å². The van der Waals surface area contributed by atoms with E-state index in [1.54, 1.807) is 0 Å². The van der Waals surface area contributed by atoms with Gasteiger partial charge in [0.15, 0.2) is 0 Å². The van der Waals surface area contributed by atoms with Crippen LogP contribution in [0.5, 0.6) is 0 Å². The minimum atomic E-state index is -0.653. The standard InChI is InChI=1S/C19H17FN6O3/c1-11-3-4-12(2)15(9-11)23-17-16(26(28)29)18(22-10-21-17)24-25-19(27)13-5-7-14(20)8-6-13/h3-10H,1-2H3,(H,25,27)(H2,21,22,23,24). The number of hydrogen-bond acceptors (Lipinski definition) is 7. The van der Waals surface area contributed by atoms with Crippen molar-refractivity contribution in [3.63, 3.8) is 0 Å². The molecule has 3 aromatic rings. The number of aromatic nitrogens is 2. The SMILES string of the molecule is Cc1ccc(C)c(Nc2ncnc(NNC(=O)c3ccc(F)cc3)c2[N+](=O)[O-])c1. The first kappa shape index (κ1) is 19.7. The summed E-state index contributed by atoms with van der Waals surface area (Å²) in [6, 6.07) is 10.5. The van der Waals surface area contributed by atoms with Crippen LogP contribution in [0.3, 0.4) is 0 Å². The van der Waals surface area contributed by atoms with Crippen LogP contribution in [0.2, 0.25) is 0 Å². The van der Waals surface area contributed by atoms with Crippen molar-refractivity contribution in [2.75, 3.05) is 10.7 Å². The van der Waals surface area contributed by atoms with Gasteiger partial charge in [0, 0.05) is 11.3 Å². The third kappa shape index (κ3) is 4.61. The summed E-state index contributed by atoms with van der Waals surface area (Å²) in [6.07, 6.45) is 1.13. The zero-order valence-electron chi connectivity index (χ0n) is 15.6. The molecule has 3 rings (SSSR count). The fourth-order valence-electron chi connectivity index (χ4n) is 2.52.